The van der Waals surface area contributed by atoms with E-state index in [0.717, 1.165) is 0 Å². The van der Waals surface area contributed by atoms with E-state index in [-0.39, 0.29) is 30.2 Å². The van der Waals surface area contributed by atoms with Gasteiger partial charge in [0.15, 0.2) is 0 Å². The van der Waals surface area contributed by atoms with Gasteiger partial charge in [0.25, 0.3) is 0 Å². The van der Waals surface area contributed by atoms with Crippen molar-refractivity contribution in [3.63, 3.8) is 0 Å². The van der Waals surface area contributed by atoms with E-state index in [0.29, 0.717) is 35.7 Å². The second kappa shape index (κ2) is 15.0. The van der Waals surface area contributed by atoms with Crippen molar-refractivity contribution in [1.29, 1.82) is 0 Å². The number of carboxylic acids is 1. The first kappa shape index (κ1) is 26.0. The van der Waals surface area contributed by atoms with E-state index in [4.69, 9.17) is 14.9 Å². The van der Waals surface area contributed by atoms with Crippen LogP contribution in [-0.2, 0) is 4.79 Å². The average Bonchev–Trinajstić information content (AvgIpc) is 2.68. The van der Waals surface area contributed by atoms with Crippen LogP contribution in [0.2, 0.25) is 0 Å². The maximum Gasteiger partial charge on any atom is 0.315 e. The van der Waals surface area contributed by atoms with Crippen LogP contribution in [0.15, 0.2) is 48.5 Å². The fraction of sp³-hybridized carbons (Fsp3) is 0.350. The summed E-state index contributed by atoms with van der Waals surface area (Å²) in [5.41, 5.74) is 1.41. The van der Waals surface area contributed by atoms with Gasteiger partial charge in [-0.25, -0.2) is 0 Å². The van der Waals surface area contributed by atoms with Gasteiger partial charge < -0.3 is 30.7 Å². The number of ether oxygens (including phenoxy) is 1. The molecular formula is C20H29BrN2O5. The highest BCUT2D eigenvalue weighted by Gasteiger charge is 2.31. The summed E-state index contributed by atoms with van der Waals surface area (Å²) in [6.07, 6.45) is 0. The van der Waals surface area contributed by atoms with Crippen molar-refractivity contribution in [2.45, 2.75) is 5.92 Å². The molecule has 0 bridgehead atoms. The van der Waals surface area contributed by atoms with E-state index in [1.807, 2.05) is 24.3 Å². The van der Waals surface area contributed by atoms with Crippen LogP contribution in [0.25, 0.3) is 0 Å². The number of hydrogen-bond acceptors (Lipinski definition) is 6. The van der Waals surface area contributed by atoms with Gasteiger partial charge in [0, 0.05) is 24.2 Å². The van der Waals surface area contributed by atoms with Gasteiger partial charge >= 0.3 is 5.97 Å². The van der Waals surface area contributed by atoms with Gasteiger partial charge in [0.2, 0.25) is 0 Å². The Morgan fingerprint density at radius 3 is 1.57 bits per heavy atom. The summed E-state index contributed by atoms with van der Waals surface area (Å²) in [5, 5.41) is 30.9. The zero-order valence-electron chi connectivity index (χ0n) is 16.1. The molecule has 1 aliphatic heterocycles. The molecule has 0 saturated carbocycles. The lowest BCUT2D eigenvalue weighted by Gasteiger charge is -2.25. The predicted octanol–water partition coefficient (Wildman–Crippen LogP) is 1.98. The number of carbonyl (C=O) groups is 1. The molecule has 2 aromatic carbocycles. The van der Waals surface area contributed by atoms with E-state index in [2.05, 4.69) is 10.6 Å². The summed E-state index contributed by atoms with van der Waals surface area (Å²) >= 11 is 0. The SMILES string of the molecule is Br.CNCCO.CNCCO.O=C(O)C1c2ccccc2Oc2ccccc21. The molecule has 0 amide bonds. The van der Waals surface area contributed by atoms with Gasteiger partial charge in [-0.1, -0.05) is 36.4 Å². The van der Waals surface area contributed by atoms with Crippen molar-refractivity contribution in [3.05, 3.63) is 59.7 Å². The monoisotopic (exact) mass is 456 g/mol. The lowest BCUT2D eigenvalue weighted by Crippen LogP contribution is -2.18. The minimum atomic E-state index is -0.854. The average molecular weight is 457 g/mol. The van der Waals surface area contributed by atoms with Crippen LogP contribution >= 0.6 is 17.0 Å². The van der Waals surface area contributed by atoms with Crippen molar-refractivity contribution in [2.75, 3.05) is 40.4 Å². The molecule has 0 atom stereocenters. The van der Waals surface area contributed by atoms with Crippen LogP contribution < -0.4 is 15.4 Å². The van der Waals surface area contributed by atoms with Crippen LogP contribution in [0.1, 0.15) is 17.0 Å². The predicted molar refractivity (Wildman–Crippen MR) is 115 cm³/mol. The fourth-order valence-electron chi connectivity index (χ4n) is 2.40. The third-order valence-corrected chi connectivity index (χ3v) is 3.65. The summed E-state index contributed by atoms with van der Waals surface area (Å²) in [7, 11) is 3.60. The van der Waals surface area contributed by atoms with Crippen LogP contribution in [0, 0.1) is 0 Å². The highest BCUT2D eigenvalue weighted by Crippen LogP contribution is 2.43. The van der Waals surface area contributed by atoms with Crippen LogP contribution in [-0.4, -0.2) is 61.7 Å². The van der Waals surface area contributed by atoms with Crippen molar-refractivity contribution in [2.24, 2.45) is 0 Å². The summed E-state index contributed by atoms with van der Waals surface area (Å²) in [6, 6.07) is 14.5. The van der Waals surface area contributed by atoms with Crippen molar-refractivity contribution in [1.82, 2.24) is 10.6 Å². The number of benzene rings is 2. The Hall–Kier alpha value is -1.97. The summed E-state index contributed by atoms with van der Waals surface area (Å²) < 4.78 is 5.69. The van der Waals surface area contributed by atoms with E-state index < -0.39 is 11.9 Å². The van der Waals surface area contributed by atoms with Gasteiger partial charge in [-0.2, -0.15) is 0 Å². The lowest BCUT2D eigenvalue weighted by atomic mass is 9.88. The Bertz CT molecular complexity index is 644. The quantitative estimate of drug-likeness (QED) is 0.467. The van der Waals surface area contributed by atoms with E-state index in [1.165, 1.54) is 0 Å². The number of rotatable bonds is 5. The number of carboxylic acid groups (broad SMARTS) is 1. The molecule has 1 aliphatic rings. The Morgan fingerprint density at radius 2 is 1.29 bits per heavy atom. The third-order valence-electron chi connectivity index (χ3n) is 3.65. The molecule has 1 heterocycles. The molecule has 0 radical (unpaired) electrons. The minimum absolute atomic E-state index is 0. The molecule has 156 valence electrons. The second-order valence-corrected chi connectivity index (χ2v) is 5.60. The van der Waals surface area contributed by atoms with Gasteiger partial charge in [0.1, 0.15) is 17.4 Å². The Labute approximate surface area is 176 Å². The fourth-order valence-corrected chi connectivity index (χ4v) is 2.40. The molecule has 7 nitrogen and oxygen atoms in total. The number of halogens is 1. The smallest absolute Gasteiger partial charge is 0.315 e. The molecule has 0 aliphatic carbocycles. The van der Waals surface area contributed by atoms with E-state index in [9.17, 15) is 9.90 Å². The van der Waals surface area contributed by atoms with Gasteiger partial charge in [-0.15, -0.1) is 17.0 Å². The van der Waals surface area contributed by atoms with Crippen LogP contribution in [0.3, 0.4) is 0 Å². The van der Waals surface area contributed by atoms with Gasteiger partial charge in [-0.3, -0.25) is 4.79 Å². The third kappa shape index (κ3) is 7.95. The summed E-state index contributed by atoms with van der Waals surface area (Å²) in [6.45, 7) is 1.85. The largest absolute Gasteiger partial charge is 0.481 e. The molecule has 2 aromatic rings. The highest BCUT2D eigenvalue weighted by atomic mass is 79.9. The molecule has 8 heteroatoms. The summed E-state index contributed by atoms with van der Waals surface area (Å²) in [4.78, 5) is 11.4. The topological polar surface area (TPSA) is 111 Å². The molecule has 0 spiro atoms. The zero-order valence-corrected chi connectivity index (χ0v) is 17.8. The first-order chi connectivity index (χ1) is 13.1. The maximum absolute atomic E-state index is 11.4. The lowest BCUT2D eigenvalue weighted by molar-refractivity contribution is -0.137. The number of aliphatic hydroxyl groups excluding tert-OH is 2. The van der Waals surface area contributed by atoms with Crippen LogP contribution in [0.4, 0.5) is 0 Å². The standard InChI is InChI=1S/C14H10O3.2C3H9NO.BrH/c15-14(16)13-9-5-1-3-7-11(9)17-12-8-4-2-6-10(12)13;2*1-4-2-3-5;/h1-8,13H,(H,15,16);2*4-5H,2-3H2,1H3;1H. The molecule has 28 heavy (non-hydrogen) atoms. The van der Waals surface area contributed by atoms with Crippen molar-refractivity contribution < 1.29 is 24.9 Å². The molecule has 0 saturated heterocycles. The molecule has 3 rings (SSSR count). The number of likely N-dealkylation sites (N-methyl/N-ethyl adjacent to an activating group) is 2. The highest BCUT2D eigenvalue weighted by molar-refractivity contribution is 8.93. The van der Waals surface area contributed by atoms with Gasteiger partial charge in [0.05, 0.1) is 13.2 Å². The zero-order chi connectivity index (χ0) is 20.1. The first-order valence-corrected chi connectivity index (χ1v) is 8.70. The Kier molecular flexibility index (Phi) is 14.0. The molecule has 5 N–H and O–H groups in total. The summed E-state index contributed by atoms with van der Waals surface area (Å²) in [5.74, 6) is -0.249. The van der Waals surface area contributed by atoms with Crippen molar-refractivity contribution >= 4 is 23.0 Å². The van der Waals surface area contributed by atoms with Crippen molar-refractivity contribution in [3.8, 4) is 11.5 Å². The molecule has 0 aromatic heterocycles. The second-order valence-electron chi connectivity index (χ2n) is 5.60. The number of fused-ring (bicyclic) bond motifs is 2. The van der Waals surface area contributed by atoms with E-state index in [1.54, 1.807) is 38.4 Å². The van der Waals surface area contributed by atoms with Crippen LogP contribution in [0.5, 0.6) is 11.5 Å². The Balaban J connectivity index is 0.000000560. The van der Waals surface area contributed by atoms with Gasteiger partial charge in [-0.05, 0) is 26.2 Å². The number of aliphatic hydroxyl groups is 2. The number of aliphatic carboxylic acids is 1. The minimum Gasteiger partial charge on any atom is -0.481 e. The first-order valence-electron chi connectivity index (χ1n) is 8.70. The number of hydrogen-bond donors (Lipinski definition) is 5. The normalized spacial score (nSPS) is 11.1. The molecule has 0 fully saturated rings. The molecular weight excluding hydrogens is 428 g/mol. The molecule has 0 unspecified atom stereocenters. The maximum atomic E-state index is 11.4. The number of nitrogens with one attached hydrogen (secondary N) is 2. The Morgan fingerprint density at radius 1 is 0.893 bits per heavy atom. The van der Waals surface area contributed by atoms with E-state index >= 15 is 0 Å². The number of para-hydroxylation sites is 2.